The molecule has 1 atom stereocenters. The molecule has 0 aromatic rings. The van der Waals surface area contributed by atoms with Gasteiger partial charge in [-0.25, -0.2) is 9.87 Å². The van der Waals surface area contributed by atoms with Crippen molar-refractivity contribution in [3.05, 3.63) is 0 Å². The van der Waals surface area contributed by atoms with Gasteiger partial charge in [-0.2, -0.15) is 0 Å². The number of nitrogens with one attached hydrogen (secondary N) is 1. The van der Waals surface area contributed by atoms with Gasteiger partial charge >= 0.3 is 0 Å². The van der Waals surface area contributed by atoms with Gasteiger partial charge in [-0.3, -0.25) is 10.0 Å². The molecule has 0 aromatic heterocycles. The van der Waals surface area contributed by atoms with Crippen LogP contribution in [0.15, 0.2) is 0 Å². The number of hydrogen-bond donors (Lipinski definition) is 2. The lowest BCUT2D eigenvalue weighted by Gasteiger charge is -1.93. The third kappa shape index (κ3) is 2.11. The van der Waals surface area contributed by atoms with E-state index in [-0.39, 0.29) is 0 Å². The first-order valence-electron chi connectivity index (χ1n) is 1.76. The van der Waals surface area contributed by atoms with Crippen LogP contribution in [-0.2, 0) is 4.79 Å². The zero-order valence-electron chi connectivity index (χ0n) is 3.81. The molecule has 2 N–H and O–H groups in total. The number of amides is 1. The Morgan fingerprint density at radius 2 is 2.43 bits per heavy atom. The van der Waals surface area contributed by atoms with Crippen LogP contribution in [0, 0.1) is 0 Å². The number of halogens is 1. The van der Waals surface area contributed by atoms with Crippen LogP contribution in [0.25, 0.3) is 0 Å². The minimum atomic E-state index is -1.63. The Hall–Kier alpha value is -0.640. The molecule has 0 spiro atoms. The van der Waals surface area contributed by atoms with Crippen LogP contribution in [0.2, 0.25) is 0 Å². The Kier molecular flexibility index (Phi) is 2.29. The first-order valence-corrected chi connectivity index (χ1v) is 1.76. The maximum Gasteiger partial charge on any atom is 0.277 e. The van der Waals surface area contributed by atoms with E-state index in [0.29, 0.717) is 0 Å². The summed E-state index contributed by atoms with van der Waals surface area (Å²) in [6.07, 6.45) is -1.63. The van der Waals surface area contributed by atoms with Crippen molar-refractivity contribution >= 4 is 5.91 Å². The summed E-state index contributed by atoms with van der Waals surface area (Å²) in [5, 5.41) is 7.67. The molecule has 0 aromatic carbocycles. The van der Waals surface area contributed by atoms with Crippen molar-refractivity contribution in [1.82, 2.24) is 5.48 Å². The summed E-state index contributed by atoms with van der Waals surface area (Å²) in [7, 11) is 0. The fraction of sp³-hybridized carbons (Fsp3) is 0.667. The molecule has 0 radical (unpaired) electrons. The summed E-state index contributed by atoms with van der Waals surface area (Å²) in [6.45, 7) is 1.03. The number of hydrogen-bond acceptors (Lipinski definition) is 2. The number of rotatable bonds is 1. The van der Waals surface area contributed by atoms with Gasteiger partial charge in [0.05, 0.1) is 0 Å². The zero-order valence-corrected chi connectivity index (χ0v) is 3.81. The average Bonchev–Trinajstić information content (AvgIpc) is 1.65. The van der Waals surface area contributed by atoms with Gasteiger partial charge in [0.2, 0.25) is 0 Å². The monoisotopic (exact) mass is 107 g/mol. The van der Waals surface area contributed by atoms with Crippen molar-refractivity contribution < 1.29 is 14.4 Å². The summed E-state index contributed by atoms with van der Waals surface area (Å²) >= 11 is 0. The summed E-state index contributed by atoms with van der Waals surface area (Å²) in [4.78, 5) is 9.78. The van der Waals surface area contributed by atoms with Gasteiger partial charge in [0.25, 0.3) is 5.91 Å². The number of hydroxylamine groups is 1. The van der Waals surface area contributed by atoms with Crippen LogP contribution in [0.4, 0.5) is 4.39 Å². The molecule has 0 heterocycles. The van der Waals surface area contributed by atoms with E-state index < -0.39 is 12.1 Å². The first-order chi connectivity index (χ1) is 3.18. The molecule has 0 bridgehead atoms. The van der Waals surface area contributed by atoms with Crippen molar-refractivity contribution in [2.75, 3.05) is 0 Å². The highest BCUT2D eigenvalue weighted by atomic mass is 19.1. The second-order valence-electron chi connectivity index (χ2n) is 1.09. The maximum absolute atomic E-state index is 11.5. The molecule has 42 valence electrons. The highest BCUT2D eigenvalue weighted by molar-refractivity contribution is 5.78. The molecule has 7 heavy (non-hydrogen) atoms. The number of carbonyl (C=O) groups is 1. The van der Waals surface area contributed by atoms with E-state index in [2.05, 4.69) is 0 Å². The van der Waals surface area contributed by atoms with Crippen LogP contribution >= 0.6 is 0 Å². The predicted molar refractivity (Wildman–Crippen MR) is 20.5 cm³/mol. The molecule has 0 aliphatic heterocycles. The molecule has 0 saturated heterocycles. The van der Waals surface area contributed by atoms with Crippen LogP contribution in [0.1, 0.15) is 6.92 Å². The molecule has 3 nitrogen and oxygen atoms in total. The lowest BCUT2D eigenvalue weighted by molar-refractivity contribution is -0.133. The van der Waals surface area contributed by atoms with E-state index in [1.807, 2.05) is 0 Å². The molecule has 0 fully saturated rings. The van der Waals surface area contributed by atoms with E-state index >= 15 is 0 Å². The number of carbonyl (C=O) groups excluding carboxylic acids is 1. The van der Waals surface area contributed by atoms with Gasteiger partial charge in [0.15, 0.2) is 6.17 Å². The summed E-state index contributed by atoms with van der Waals surface area (Å²) < 4.78 is 11.5. The molecule has 1 unspecified atom stereocenters. The Morgan fingerprint density at radius 3 is 2.43 bits per heavy atom. The normalized spacial score (nSPS) is 13.0. The fourth-order valence-corrected chi connectivity index (χ4v) is 0.0889. The van der Waals surface area contributed by atoms with Crippen molar-refractivity contribution in [3.8, 4) is 0 Å². The molecule has 1 amide bonds. The van der Waals surface area contributed by atoms with Crippen molar-refractivity contribution in [1.29, 1.82) is 0 Å². The zero-order chi connectivity index (χ0) is 5.86. The standard InChI is InChI=1S/C3H6FNO2/c1-2(4)3(6)5-7/h2,7H,1H3,(H,5,6). The fourth-order valence-electron chi connectivity index (χ4n) is 0.0889. The van der Waals surface area contributed by atoms with Crippen LogP contribution in [0.3, 0.4) is 0 Å². The van der Waals surface area contributed by atoms with Gasteiger partial charge < -0.3 is 0 Å². The van der Waals surface area contributed by atoms with Crippen molar-refractivity contribution in [3.63, 3.8) is 0 Å². The van der Waals surface area contributed by atoms with Crippen molar-refractivity contribution in [2.45, 2.75) is 13.1 Å². The van der Waals surface area contributed by atoms with E-state index in [0.717, 1.165) is 12.4 Å². The minimum Gasteiger partial charge on any atom is -0.289 e. The highest BCUT2D eigenvalue weighted by Gasteiger charge is 2.06. The summed E-state index contributed by atoms with van der Waals surface area (Å²) in [5.74, 6) is -1.01. The van der Waals surface area contributed by atoms with E-state index in [1.54, 1.807) is 0 Å². The second-order valence-corrected chi connectivity index (χ2v) is 1.09. The quantitative estimate of drug-likeness (QED) is 0.361. The first kappa shape index (κ1) is 6.36. The molecular formula is C3H6FNO2. The Balaban J connectivity index is 3.35. The van der Waals surface area contributed by atoms with E-state index in [9.17, 15) is 9.18 Å². The smallest absolute Gasteiger partial charge is 0.277 e. The highest BCUT2D eigenvalue weighted by Crippen LogP contribution is 1.83. The maximum atomic E-state index is 11.5. The van der Waals surface area contributed by atoms with Crippen LogP contribution in [-0.4, -0.2) is 17.3 Å². The average molecular weight is 107 g/mol. The van der Waals surface area contributed by atoms with E-state index in [4.69, 9.17) is 5.21 Å². The van der Waals surface area contributed by atoms with Gasteiger partial charge in [-0.15, -0.1) is 0 Å². The Labute approximate surface area is 40.1 Å². The molecule has 4 heteroatoms. The SMILES string of the molecule is CC(F)C(=O)NO. The molecule has 0 aliphatic rings. The molecule has 0 rings (SSSR count). The van der Waals surface area contributed by atoms with Crippen molar-refractivity contribution in [2.24, 2.45) is 0 Å². The van der Waals surface area contributed by atoms with Crippen LogP contribution in [0.5, 0.6) is 0 Å². The summed E-state index contributed by atoms with van der Waals surface area (Å²) in [5.41, 5.74) is 1.15. The molecule has 0 aliphatic carbocycles. The summed E-state index contributed by atoms with van der Waals surface area (Å²) in [6, 6.07) is 0. The largest absolute Gasteiger partial charge is 0.289 e. The minimum absolute atomic E-state index is 1.01. The van der Waals surface area contributed by atoms with E-state index in [1.165, 1.54) is 0 Å². The molecule has 0 saturated carbocycles. The third-order valence-corrected chi connectivity index (χ3v) is 0.471. The lowest BCUT2D eigenvalue weighted by Crippen LogP contribution is -2.26. The third-order valence-electron chi connectivity index (χ3n) is 0.471. The van der Waals surface area contributed by atoms with Crippen LogP contribution < -0.4 is 5.48 Å². The molecular weight excluding hydrogens is 101 g/mol. The number of alkyl halides is 1. The van der Waals surface area contributed by atoms with Gasteiger partial charge in [0, 0.05) is 0 Å². The topological polar surface area (TPSA) is 49.3 Å². The Morgan fingerprint density at radius 1 is 2.00 bits per heavy atom. The lowest BCUT2D eigenvalue weighted by atomic mass is 10.4. The second kappa shape index (κ2) is 2.52. The predicted octanol–water partition coefficient (Wildman–Crippen LogP) is -0.150. The van der Waals surface area contributed by atoms with Gasteiger partial charge in [0.1, 0.15) is 0 Å². The van der Waals surface area contributed by atoms with Gasteiger partial charge in [-0.05, 0) is 6.92 Å². The Bertz CT molecular complexity index is 73.3. The van der Waals surface area contributed by atoms with Gasteiger partial charge in [-0.1, -0.05) is 0 Å².